The summed E-state index contributed by atoms with van der Waals surface area (Å²) in [7, 11) is 8.93. The second kappa shape index (κ2) is 13.8. The van der Waals surface area contributed by atoms with E-state index in [-0.39, 0.29) is 28.4 Å². The van der Waals surface area contributed by atoms with E-state index in [2.05, 4.69) is 21.3 Å². The fraction of sp³-hybridized carbons (Fsp3) is 0.258. The van der Waals surface area contributed by atoms with Crippen LogP contribution in [0.25, 0.3) is 0 Å². The maximum Gasteiger partial charge on any atom is 0.336 e. The molecule has 0 bridgehead atoms. The molecule has 0 aliphatic rings. The van der Waals surface area contributed by atoms with Gasteiger partial charge >= 0.3 is 5.97 Å². The highest BCUT2D eigenvalue weighted by Crippen LogP contribution is 2.20. The summed E-state index contributed by atoms with van der Waals surface area (Å²) < 4.78 is 4.70. The minimum absolute atomic E-state index is 0.0134. The van der Waals surface area contributed by atoms with Crippen LogP contribution in [0.3, 0.4) is 0 Å². The quantitative estimate of drug-likeness (QED) is 0.152. The van der Waals surface area contributed by atoms with Crippen LogP contribution in [0.1, 0.15) is 58.6 Å². The number of aromatic nitrogens is 3. The van der Waals surface area contributed by atoms with Crippen molar-refractivity contribution >= 4 is 46.7 Å². The van der Waals surface area contributed by atoms with Crippen molar-refractivity contribution < 1.29 is 29.1 Å². The second-order valence-corrected chi connectivity index (χ2v) is 10.8. The van der Waals surface area contributed by atoms with E-state index in [1.807, 2.05) is 19.0 Å². The fourth-order valence-electron chi connectivity index (χ4n) is 4.72. The first-order valence-corrected chi connectivity index (χ1v) is 14.0. The van der Waals surface area contributed by atoms with Crippen LogP contribution in [0, 0.1) is 0 Å². The Kier molecular flexibility index (Phi) is 9.88. The number of benzene rings is 1. The van der Waals surface area contributed by atoms with Crippen molar-refractivity contribution in [1.29, 1.82) is 0 Å². The van der Waals surface area contributed by atoms with E-state index in [9.17, 15) is 29.1 Å². The van der Waals surface area contributed by atoms with E-state index in [0.717, 1.165) is 13.0 Å². The Morgan fingerprint density at radius 2 is 1.09 bits per heavy atom. The van der Waals surface area contributed by atoms with E-state index >= 15 is 0 Å². The van der Waals surface area contributed by atoms with E-state index < -0.39 is 23.7 Å². The molecule has 0 aliphatic carbocycles. The third kappa shape index (κ3) is 7.86. The Labute approximate surface area is 259 Å². The Bertz CT molecular complexity index is 1760. The number of carboxylic acid groups (broad SMARTS) is 1. The molecular formula is C31H36N8O6. The molecule has 14 heteroatoms. The Hall–Kier alpha value is -5.63. The van der Waals surface area contributed by atoms with Crippen LogP contribution >= 0.6 is 0 Å². The number of nitrogens with zero attached hydrogens (tertiary/aromatic N) is 4. The van der Waals surface area contributed by atoms with Gasteiger partial charge in [0.25, 0.3) is 23.6 Å². The molecule has 45 heavy (non-hydrogen) atoms. The minimum atomic E-state index is -1.23. The van der Waals surface area contributed by atoms with Crippen LogP contribution in [0.2, 0.25) is 0 Å². The predicted octanol–water partition coefficient (Wildman–Crippen LogP) is 2.84. The average Bonchev–Trinajstić information content (AvgIpc) is 3.66. The van der Waals surface area contributed by atoms with E-state index in [1.165, 1.54) is 41.1 Å². The Morgan fingerprint density at radius 3 is 1.53 bits per heavy atom. The minimum Gasteiger partial charge on any atom is -0.478 e. The van der Waals surface area contributed by atoms with E-state index in [1.54, 1.807) is 54.8 Å². The normalized spacial score (nSPS) is 10.9. The summed E-state index contributed by atoms with van der Waals surface area (Å²) >= 11 is 0. The highest BCUT2D eigenvalue weighted by atomic mass is 16.4. The Balaban J connectivity index is 1.38. The van der Waals surface area contributed by atoms with Gasteiger partial charge in [0.05, 0.1) is 28.2 Å². The van der Waals surface area contributed by atoms with Crippen LogP contribution in [0.4, 0.5) is 17.1 Å². The van der Waals surface area contributed by atoms with Crippen LogP contribution < -0.4 is 21.3 Å². The van der Waals surface area contributed by atoms with Gasteiger partial charge in [0, 0.05) is 46.3 Å². The summed E-state index contributed by atoms with van der Waals surface area (Å²) in [5.41, 5.74) is 1.82. The van der Waals surface area contributed by atoms with Crippen molar-refractivity contribution in [2.75, 3.05) is 43.1 Å². The first-order valence-electron chi connectivity index (χ1n) is 14.0. The van der Waals surface area contributed by atoms with Gasteiger partial charge in [0.2, 0.25) is 0 Å². The number of aromatic carboxylic acids is 1. The average molecular weight is 617 g/mol. The summed E-state index contributed by atoms with van der Waals surface area (Å²) in [4.78, 5) is 65.0. The molecule has 4 rings (SSSR count). The molecule has 0 fully saturated rings. The molecule has 3 aromatic heterocycles. The third-order valence-corrected chi connectivity index (χ3v) is 6.96. The van der Waals surface area contributed by atoms with Gasteiger partial charge < -0.3 is 45.0 Å². The molecule has 4 aromatic rings. The largest absolute Gasteiger partial charge is 0.478 e. The first kappa shape index (κ1) is 32.3. The zero-order valence-electron chi connectivity index (χ0n) is 25.7. The molecular weight excluding hydrogens is 580 g/mol. The van der Waals surface area contributed by atoms with Gasteiger partial charge in [-0.25, -0.2) is 4.79 Å². The third-order valence-electron chi connectivity index (χ3n) is 6.96. The van der Waals surface area contributed by atoms with Crippen molar-refractivity contribution in [3.8, 4) is 0 Å². The van der Waals surface area contributed by atoms with Crippen molar-refractivity contribution in [1.82, 2.24) is 23.9 Å². The number of aryl methyl sites for hydroxylation is 3. The van der Waals surface area contributed by atoms with Crippen LogP contribution in [0.15, 0.2) is 61.1 Å². The van der Waals surface area contributed by atoms with Crippen LogP contribution in [0.5, 0.6) is 0 Å². The maximum atomic E-state index is 13.1. The number of anilines is 3. The highest BCUT2D eigenvalue weighted by Gasteiger charge is 2.20. The molecule has 0 spiro atoms. The monoisotopic (exact) mass is 616 g/mol. The van der Waals surface area contributed by atoms with E-state index in [0.29, 0.717) is 29.3 Å². The summed E-state index contributed by atoms with van der Waals surface area (Å²) in [6.45, 7) is 1.38. The molecule has 0 saturated heterocycles. The van der Waals surface area contributed by atoms with Gasteiger partial charge in [-0.05, 0) is 57.4 Å². The number of rotatable bonds is 12. The first-order chi connectivity index (χ1) is 21.3. The molecule has 3 heterocycles. The predicted molar refractivity (Wildman–Crippen MR) is 169 cm³/mol. The fourth-order valence-corrected chi connectivity index (χ4v) is 4.72. The molecule has 14 nitrogen and oxygen atoms in total. The van der Waals surface area contributed by atoms with Crippen molar-refractivity contribution in [3.63, 3.8) is 0 Å². The van der Waals surface area contributed by atoms with Crippen molar-refractivity contribution in [2.24, 2.45) is 21.1 Å². The molecule has 0 saturated carbocycles. The van der Waals surface area contributed by atoms with Crippen molar-refractivity contribution in [3.05, 3.63) is 89.3 Å². The van der Waals surface area contributed by atoms with Gasteiger partial charge in [0.15, 0.2) is 0 Å². The topological polar surface area (TPSA) is 172 Å². The molecule has 0 radical (unpaired) electrons. The van der Waals surface area contributed by atoms with Crippen LogP contribution in [-0.2, 0) is 21.1 Å². The van der Waals surface area contributed by atoms with Gasteiger partial charge in [-0.3, -0.25) is 19.2 Å². The lowest BCUT2D eigenvalue weighted by Gasteiger charge is -2.10. The van der Waals surface area contributed by atoms with Gasteiger partial charge in [-0.1, -0.05) is 12.1 Å². The standard InChI is InChI=1S/C31H36N8O6/c1-36(2)12-8-11-32-28(41)24-13-20(17-37(24)3)34-30(43)26-15-21(18-39(26)5)35-29(42)25-14-19(16-38(25)4)33-27(40)22-9-6-7-10-23(22)31(44)45/h6-7,9-10,13-18H,8,11-12H2,1-5H3,(H,32,41)(H,33,40)(H,34,43)(H,35,42)(H,44,45). The summed E-state index contributed by atoms with van der Waals surface area (Å²) in [6, 6.07) is 10.4. The zero-order valence-corrected chi connectivity index (χ0v) is 25.7. The number of carboxylic acids is 1. The molecule has 236 valence electrons. The molecule has 0 aliphatic heterocycles. The number of hydrogen-bond donors (Lipinski definition) is 5. The van der Waals surface area contributed by atoms with Crippen LogP contribution in [-0.4, -0.2) is 80.5 Å². The number of amides is 4. The number of carbonyl (C=O) groups excluding carboxylic acids is 4. The lowest BCUT2D eigenvalue weighted by atomic mass is 10.1. The Morgan fingerprint density at radius 1 is 0.667 bits per heavy atom. The highest BCUT2D eigenvalue weighted by molar-refractivity contribution is 6.12. The van der Waals surface area contributed by atoms with Gasteiger partial charge in [-0.15, -0.1) is 0 Å². The van der Waals surface area contributed by atoms with Crippen molar-refractivity contribution in [2.45, 2.75) is 6.42 Å². The molecule has 1 aromatic carbocycles. The number of nitrogens with one attached hydrogen (secondary N) is 4. The molecule has 0 unspecified atom stereocenters. The summed E-state index contributed by atoms with van der Waals surface area (Å²) in [5.74, 6) is -3.03. The smallest absolute Gasteiger partial charge is 0.336 e. The SMILES string of the molecule is CN(C)CCCNC(=O)c1cc(NC(=O)c2cc(NC(=O)c3cc(NC(=O)c4ccccc4C(=O)O)cn3C)cn2C)cn1C. The second-order valence-electron chi connectivity index (χ2n) is 10.8. The zero-order chi connectivity index (χ0) is 32.8. The van der Waals surface area contributed by atoms with Gasteiger partial charge in [-0.2, -0.15) is 0 Å². The lowest BCUT2D eigenvalue weighted by Crippen LogP contribution is -2.28. The summed E-state index contributed by atoms with van der Waals surface area (Å²) in [5, 5.41) is 20.4. The van der Waals surface area contributed by atoms with E-state index in [4.69, 9.17) is 0 Å². The molecule has 0 atom stereocenters. The number of carbonyl (C=O) groups is 5. The maximum absolute atomic E-state index is 13.1. The summed E-state index contributed by atoms with van der Waals surface area (Å²) in [6.07, 6.45) is 5.56. The molecule has 5 N–H and O–H groups in total. The molecule has 4 amide bonds. The lowest BCUT2D eigenvalue weighted by molar-refractivity contribution is 0.0692. The number of hydrogen-bond acceptors (Lipinski definition) is 6. The van der Waals surface area contributed by atoms with Gasteiger partial charge in [0.1, 0.15) is 17.1 Å².